The summed E-state index contributed by atoms with van der Waals surface area (Å²) in [6.45, 7) is 0.587. The lowest BCUT2D eigenvalue weighted by molar-refractivity contribution is 0.302. The molecule has 2 nitrogen and oxygen atoms in total. The molecule has 94 valence electrons. The van der Waals surface area contributed by atoms with Crippen molar-refractivity contribution in [2.75, 3.05) is 0 Å². The van der Waals surface area contributed by atoms with E-state index < -0.39 is 0 Å². The van der Waals surface area contributed by atoms with Crippen LogP contribution in [0.2, 0.25) is 5.02 Å². The van der Waals surface area contributed by atoms with Crippen LogP contribution in [0.5, 0.6) is 5.75 Å². The molecule has 0 atom stereocenters. The lowest BCUT2D eigenvalue weighted by atomic mass is 10.2. The molecule has 4 heteroatoms. The van der Waals surface area contributed by atoms with E-state index in [0.29, 0.717) is 17.3 Å². The van der Waals surface area contributed by atoms with Gasteiger partial charge in [-0.3, -0.25) is 0 Å². The molecule has 0 bridgehead atoms. The lowest BCUT2D eigenvalue weighted by Gasteiger charge is -2.11. The second kappa shape index (κ2) is 5.85. The van der Waals surface area contributed by atoms with Gasteiger partial charge in [0.05, 0.1) is 0 Å². The molecule has 0 radical (unpaired) electrons. The molecule has 0 aliphatic heterocycles. The molecule has 18 heavy (non-hydrogen) atoms. The van der Waals surface area contributed by atoms with Crippen molar-refractivity contribution in [2.24, 2.45) is 5.73 Å². The molecule has 0 heterocycles. The van der Waals surface area contributed by atoms with Crippen LogP contribution in [0.1, 0.15) is 11.1 Å². The van der Waals surface area contributed by atoms with Crippen molar-refractivity contribution in [3.05, 3.63) is 64.4 Å². The average Bonchev–Trinajstić information content (AvgIpc) is 2.36. The summed E-state index contributed by atoms with van der Waals surface area (Å²) < 4.78 is 18.6. The SMILES string of the molecule is NCc1c(Cl)cccc1OCc1cccc(F)c1. The number of hydrogen-bond donors (Lipinski definition) is 1. The van der Waals surface area contributed by atoms with E-state index in [-0.39, 0.29) is 12.4 Å². The zero-order chi connectivity index (χ0) is 13.0. The third-order valence-corrected chi connectivity index (χ3v) is 2.92. The van der Waals surface area contributed by atoms with E-state index in [1.54, 1.807) is 30.3 Å². The fraction of sp³-hybridized carbons (Fsp3) is 0.143. The maximum absolute atomic E-state index is 13.0. The number of halogens is 2. The molecular weight excluding hydrogens is 253 g/mol. The minimum absolute atomic E-state index is 0.277. The van der Waals surface area contributed by atoms with E-state index in [1.165, 1.54) is 12.1 Å². The molecule has 0 fully saturated rings. The number of rotatable bonds is 4. The molecule has 0 spiro atoms. The molecular formula is C14H13ClFNO. The van der Waals surface area contributed by atoms with Gasteiger partial charge >= 0.3 is 0 Å². The average molecular weight is 266 g/mol. The van der Waals surface area contributed by atoms with Gasteiger partial charge in [0.25, 0.3) is 0 Å². The van der Waals surface area contributed by atoms with Crippen molar-refractivity contribution < 1.29 is 9.13 Å². The maximum atomic E-state index is 13.0. The van der Waals surface area contributed by atoms with Crippen molar-refractivity contribution in [1.29, 1.82) is 0 Å². The predicted molar refractivity (Wildman–Crippen MR) is 70.1 cm³/mol. The Morgan fingerprint density at radius 3 is 2.67 bits per heavy atom. The Kier molecular flexibility index (Phi) is 4.18. The third kappa shape index (κ3) is 3.00. The number of ether oxygens (including phenoxy) is 1. The molecule has 0 saturated heterocycles. The van der Waals surface area contributed by atoms with Gasteiger partial charge in [-0.2, -0.15) is 0 Å². The van der Waals surface area contributed by atoms with Gasteiger partial charge in [-0.1, -0.05) is 29.8 Å². The van der Waals surface area contributed by atoms with Gasteiger partial charge in [0.1, 0.15) is 18.2 Å². The zero-order valence-corrected chi connectivity index (χ0v) is 10.5. The van der Waals surface area contributed by atoms with Gasteiger partial charge in [0.15, 0.2) is 0 Å². The highest BCUT2D eigenvalue weighted by Crippen LogP contribution is 2.26. The van der Waals surface area contributed by atoms with Crippen LogP contribution in [-0.2, 0) is 13.2 Å². The predicted octanol–water partition coefficient (Wildman–Crippen LogP) is 3.52. The standard InChI is InChI=1S/C14H13ClFNO/c15-13-5-2-6-14(12(13)8-17)18-9-10-3-1-4-11(16)7-10/h1-7H,8-9,17H2. The van der Waals surface area contributed by atoms with Crippen LogP contribution in [0, 0.1) is 5.82 Å². The first-order chi connectivity index (χ1) is 8.70. The fourth-order valence-corrected chi connectivity index (χ4v) is 1.90. The van der Waals surface area contributed by atoms with E-state index in [4.69, 9.17) is 22.1 Å². The normalized spacial score (nSPS) is 10.4. The summed E-state index contributed by atoms with van der Waals surface area (Å²) in [6, 6.07) is 11.6. The molecule has 0 aromatic heterocycles. The minimum atomic E-state index is -0.277. The van der Waals surface area contributed by atoms with Crippen LogP contribution < -0.4 is 10.5 Å². The second-order valence-corrected chi connectivity index (χ2v) is 4.25. The van der Waals surface area contributed by atoms with Gasteiger partial charge < -0.3 is 10.5 Å². The van der Waals surface area contributed by atoms with E-state index in [1.807, 2.05) is 0 Å². The highest BCUT2D eigenvalue weighted by Gasteiger charge is 2.06. The van der Waals surface area contributed by atoms with Crippen LogP contribution in [0.3, 0.4) is 0 Å². The summed E-state index contributed by atoms with van der Waals surface area (Å²) in [7, 11) is 0. The van der Waals surface area contributed by atoms with Crippen molar-refractivity contribution >= 4 is 11.6 Å². The van der Waals surface area contributed by atoms with Crippen molar-refractivity contribution in [3.8, 4) is 5.75 Å². The molecule has 0 saturated carbocycles. The number of benzene rings is 2. The first kappa shape index (κ1) is 12.9. The van der Waals surface area contributed by atoms with Crippen LogP contribution in [0.4, 0.5) is 4.39 Å². The maximum Gasteiger partial charge on any atom is 0.125 e. The summed E-state index contributed by atoms with van der Waals surface area (Å²) in [5.74, 6) is 0.357. The van der Waals surface area contributed by atoms with Crippen LogP contribution in [0.15, 0.2) is 42.5 Å². The molecule has 0 amide bonds. The Balaban J connectivity index is 2.13. The monoisotopic (exact) mass is 265 g/mol. The summed E-state index contributed by atoms with van der Waals surface area (Å²) >= 11 is 6.02. The molecule has 2 N–H and O–H groups in total. The van der Waals surface area contributed by atoms with Gasteiger partial charge in [-0.05, 0) is 29.8 Å². The van der Waals surface area contributed by atoms with E-state index >= 15 is 0 Å². The highest BCUT2D eigenvalue weighted by atomic mass is 35.5. The number of hydrogen-bond acceptors (Lipinski definition) is 2. The van der Waals surface area contributed by atoms with Gasteiger partial charge in [-0.15, -0.1) is 0 Å². The van der Waals surface area contributed by atoms with Crippen LogP contribution >= 0.6 is 11.6 Å². The Bertz CT molecular complexity index is 545. The molecule has 0 aliphatic carbocycles. The van der Waals surface area contributed by atoms with Gasteiger partial charge in [0, 0.05) is 17.1 Å². The van der Waals surface area contributed by atoms with Crippen molar-refractivity contribution in [3.63, 3.8) is 0 Å². The largest absolute Gasteiger partial charge is 0.489 e. The van der Waals surface area contributed by atoms with Crippen molar-refractivity contribution in [1.82, 2.24) is 0 Å². The minimum Gasteiger partial charge on any atom is -0.489 e. The zero-order valence-electron chi connectivity index (χ0n) is 9.70. The van der Waals surface area contributed by atoms with Crippen molar-refractivity contribution in [2.45, 2.75) is 13.2 Å². The molecule has 0 unspecified atom stereocenters. The summed E-state index contributed by atoms with van der Waals surface area (Å²) in [4.78, 5) is 0. The first-order valence-electron chi connectivity index (χ1n) is 5.55. The third-order valence-electron chi connectivity index (χ3n) is 2.56. The van der Waals surface area contributed by atoms with E-state index in [9.17, 15) is 4.39 Å². The van der Waals surface area contributed by atoms with Gasteiger partial charge in [-0.25, -0.2) is 4.39 Å². The van der Waals surface area contributed by atoms with Crippen LogP contribution in [-0.4, -0.2) is 0 Å². The Morgan fingerprint density at radius 1 is 1.17 bits per heavy atom. The molecule has 2 rings (SSSR count). The highest BCUT2D eigenvalue weighted by molar-refractivity contribution is 6.31. The summed E-state index contributed by atoms with van der Waals surface area (Å²) in [6.07, 6.45) is 0. The Labute approximate surface area is 110 Å². The van der Waals surface area contributed by atoms with Crippen LogP contribution in [0.25, 0.3) is 0 Å². The van der Waals surface area contributed by atoms with E-state index in [0.717, 1.165) is 11.1 Å². The quantitative estimate of drug-likeness (QED) is 0.918. The Hall–Kier alpha value is -1.58. The topological polar surface area (TPSA) is 35.2 Å². The van der Waals surface area contributed by atoms with Gasteiger partial charge in [0.2, 0.25) is 0 Å². The van der Waals surface area contributed by atoms with E-state index in [2.05, 4.69) is 0 Å². The molecule has 2 aromatic carbocycles. The second-order valence-electron chi connectivity index (χ2n) is 3.84. The number of nitrogens with two attached hydrogens (primary N) is 1. The molecule has 2 aromatic rings. The smallest absolute Gasteiger partial charge is 0.125 e. The summed E-state index contributed by atoms with van der Waals surface area (Å²) in [5.41, 5.74) is 7.14. The fourth-order valence-electron chi connectivity index (χ4n) is 1.66. The molecule has 0 aliphatic rings. The summed E-state index contributed by atoms with van der Waals surface area (Å²) in [5, 5.41) is 0.578. The first-order valence-corrected chi connectivity index (χ1v) is 5.93. The lowest BCUT2D eigenvalue weighted by Crippen LogP contribution is -2.03. The Morgan fingerprint density at radius 2 is 1.94 bits per heavy atom.